The van der Waals surface area contributed by atoms with Gasteiger partial charge in [-0.15, -0.1) is 0 Å². The van der Waals surface area contributed by atoms with Gasteiger partial charge in [0, 0.05) is 6.54 Å². The van der Waals surface area contributed by atoms with E-state index >= 15 is 0 Å². The highest BCUT2D eigenvalue weighted by Crippen LogP contribution is 2.21. The molecule has 1 aromatic rings. The van der Waals surface area contributed by atoms with Crippen LogP contribution in [0.1, 0.15) is 45.7 Å². The van der Waals surface area contributed by atoms with Gasteiger partial charge in [-0.2, -0.15) is 0 Å². The minimum Gasteiger partial charge on any atom is -0.393 e. The second-order valence-corrected chi connectivity index (χ2v) is 6.18. The maximum atomic E-state index is 12.0. The van der Waals surface area contributed by atoms with Crippen LogP contribution in [0.5, 0.6) is 0 Å². The molecule has 3 N–H and O–H groups in total. The summed E-state index contributed by atoms with van der Waals surface area (Å²) in [5.41, 5.74) is 1.11. The van der Waals surface area contributed by atoms with Gasteiger partial charge in [-0.05, 0) is 30.7 Å². The average molecular weight is 292 g/mol. The van der Waals surface area contributed by atoms with Gasteiger partial charge in [0.25, 0.3) is 0 Å². The summed E-state index contributed by atoms with van der Waals surface area (Å²) in [5, 5.41) is 15.2. The van der Waals surface area contributed by atoms with Crippen LogP contribution in [0.25, 0.3) is 0 Å². The number of aliphatic hydroxyl groups excluding tert-OH is 1. The maximum absolute atomic E-state index is 12.0. The van der Waals surface area contributed by atoms with Crippen LogP contribution in [0.2, 0.25) is 0 Å². The standard InChI is InChI=1S/C17H28N2O2/c1-12(2)16(15-8-6-5-7-9-15)19-17(21)18-11-13(3)10-14(4)20/h5-9,12-14,16,20H,10-11H2,1-4H3,(H2,18,19,21). The van der Waals surface area contributed by atoms with Crippen LogP contribution < -0.4 is 10.6 Å². The van der Waals surface area contributed by atoms with Crippen molar-refractivity contribution in [3.05, 3.63) is 35.9 Å². The van der Waals surface area contributed by atoms with Crippen molar-refractivity contribution in [1.82, 2.24) is 10.6 Å². The van der Waals surface area contributed by atoms with Gasteiger partial charge in [0.1, 0.15) is 0 Å². The molecular formula is C17H28N2O2. The van der Waals surface area contributed by atoms with E-state index in [1.54, 1.807) is 6.92 Å². The van der Waals surface area contributed by atoms with Crippen LogP contribution in [0.15, 0.2) is 30.3 Å². The van der Waals surface area contributed by atoms with Crippen molar-refractivity contribution in [1.29, 1.82) is 0 Å². The monoisotopic (exact) mass is 292 g/mol. The molecule has 0 saturated heterocycles. The summed E-state index contributed by atoms with van der Waals surface area (Å²) in [6.07, 6.45) is 0.352. The van der Waals surface area contributed by atoms with E-state index < -0.39 is 0 Å². The van der Waals surface area contributed by atoms with E-state index in [0.29, 0.717) is 18.9 Å². The molecule has 0 spiro atoms. The SMILES string of the molecule is CC(O)CC(C)CNC(=O)NC(c1ccccc1)C(C)C. The highest BCUT2D eigenvalue weighted by atomic mass is 16.3. The first kappa shape index (κ1) is 17.5. The number of carbonyl (C=O) groups is 1. The van der Waals surface area contributed by atoms with Crippen LogP contribution in [-0.4, -0.2) is 23.8 Å². The second kappa shape index (κ2) is 8.67. The second-order valence-electron chi connectivity index (χ2n) is 6.18. The molecular weight excluding hydrogens is 264 g/mol. The molecule has 4 nitrogen and oxygen atoms in total. The van der Waals surface area contributed by atoms with Gasteiger partial charge in [0.2, 0.25) is 0 Å². The molecule has 0 fully saturated rings. The number of benzene rings is 1. The van der Waals surface area contributed by atoms with Crippen molar-refractivity contribution >= 4 is 6.03 Å². The number of hydrogen-bond acceptors (Lipinski definition) is 2. The molecule has 0 aliphatic rings. The molecule has 21 heavy (non-hydrogen) atoms. The summed E-state index contributed by atoms with van der Waals surface area (Å²) in [7, 11) is 0. The molecule has 0 aromatic heterocycles. The van der Waals surface area contributed by atoms with Crippen molar-refractivity contribution in [2.24, 2.45) is 11.8 Å². The molecule has 0 saturated carbocycles. The smallest absolute Gasteiger partial charge is 0.315 e. The summed E-state index contributed by atoms with van der Waals surface area (Å²) in [4.78, 5) is 12.0. The fourth-order valence-electron chi connectivity index (χ4n) is 2.42. The maximum Gasteiger partial charge on any atom is 0.315 e. The first-order chi connectivity index (χ1) is 9.90. The Hall–Kier alpha value is -1.55. The highest BCUT2D eigenvalue weighted by molar-refractivity contribution is 5.74. The molecule has 118 valence electrons. The van der Waals surface area contributed by atoms with Gasteiger partial charge in [-0.1, -0.05) is 51.1 Å². The summed E-state index contributed by atoms with van der Waals surface area (Å²) in [5.74, 6) is 0.568. The Kier molecular flexibility index (Phi) is 7.23. The number of nitrogens with one attached hydrogen (secondary N) is 2. The molecule has 1 rings (SSSR count). The Labute approximate surface area is 128 Å². The van der Waals surface area contributed by atoms with Crippen LogP contribution in [0, 0.1) is 11.8 Å². The van der Waals surface area contributed by atoms with E-state index in [1.807, 2.05) is 37.3 Å². The van der Waals surface area contributed by atoms with E-state index in [9.17, 15) is 9.90 Å². The lowest BCUT2D eigenvalue weighted by Crippen LogP contribution is -2.41. The molecule has 0 bridgehead atoms. The fraction of sp³-hybridized carbons (Fsp3) is 0.588. The summed E-state index contributed by atoms with van der Waals surface area (Å²) in [6.45, 7) is 8.53. The average Bonchev–Trinajstić information content (AvgIpc) is 2.42. The Balaban J connectivity index is 2.51. The van der Waals surface area contributed by atoms with E-state index in [1.165, 1.54) is 0 Å². The molecule has 1 aromatic carbocycles. The summed E-state index contributed by atoms with van der Waals surface area (Å²) < 4.78 is 0. The predicted molar refractivity (Wildman–Crippen MR) is 86.0 cm³/mol. The van der Waals surface area contributed by atoms with Gasteiger partial charge in [0.15, 0.2) is 0 Å². The topological polar surface area (TPSA) is 61.4 Å². The van der Waals surface area contributed by atoms with Crippen molar-refractivity contribution < 1.29 is 9.90 Å². The van der Waals surface area contributed by atoms with Crippen molar-refractivity contribution in [3.8, 4) is 0 Å². The normalized spacial score (nSPS) is 15.3. The lowest BCUT2D eigenvalue weighted by molar-refractivity contribution is 0.163. The molecule has 0 heterocycles. The van der Waals surface area contributed by atoms with Gasteiger partial charge in [-0.3, -0.25) is 0 Å². The van der Waals surface area contributed by atoms with Gasteiger partial charge in [-0.25, -0.2) is 4.79 Å². The minimum absolute atomic E-state index is 0.00160. The molecule has 4 heteroatoms. The zero-order chi connectivity index (χ0) is 15.8. The van der Waals surface area contributed by atoms with Crippen molar-refractivity contribution in [2.45, 2.75) is 46.3 Å². The number of amides is 2. The van der Waals surface area contributed by atoms with E-state index in [0.717, 1.165) is 5.56 Å². The van der Waals surface area contributed by atoms with E-state index in [-0.39, 0.29) is 24.1 Å². The largest absolute Gasteiger partial charge is 0.393 e. The first-order valence-electron chi connectivity index (χ1n) is 7.67. The van der Waals surface area contributed by atoms with E-state index in [4.69, 9.17) is 0 Å². The summed E-state index contributed by atoms with van der Waals surface area (Å²) in [6, 6.07) is 9.83. The third kappa shape index (κ3) is 6.63. The molecule has 0 aliphatic carbocycles. The molecule has 3 unspecified atom stereocenters. The Morgan fingerprint density at radius 1 is 1.14 bits per heavy atom. The number of urea groups is 1. The Bertz CT molecular complexity index is 418. The Morgan fingerprint density at radius 2 is 1.76 bits per heavy atom. The first-order valence-corrected chi connectivity index (χ1v) is 7.67. The molecule has 3 atom stereocenters. The highest BCUT2D eigenvalue weighted by Gasteiger charge is 2.18. The third-order valence-electron chi connectivity index (χ3n) is 3.47. The van der Waals surface area contributed by atoms with Crippen LogP contribution in [-0.2, 0) is 0 Å². The van der Waals surface area contributed by atoms with Gasteiger partial charge >= 0.3 is 6.03 Å². The van der Waals surface area contributed by atoms with Crippen LogP contribution >= 0.6 is 0 Å². The van der Waals surface area contributed by atoms with Gasteiger partial charge in [0.05, 0.1) is 12.1 Å². The molecule has 0 radical (unpaired) electrons. The molecule has 0 aliphatic heterocycles. The fourth-order valence-corrected chi connectivity index (χ4v) is 2.42. The number of carbonyl (C=O) groups excluding carboxylic acids is 1. The summed E-state index contributed by atoms with van der Waals surface area (Å²) >= 11 is 0. The predicted octanol–water partition coefficient (Wildman–Crippen LogP) is 3.09. The lowest BCUT2D eigenvalue weighted by Gasteiger charge is -2.24. The van der Waals surface area contributed by atoms with E-state index in [2.05, 4.69) is 24.5 Å². The van der Waals surface area contributed by atoms with Crippen molar-refractivity contribution in [3.63, 3.8) is 0 Å². The Morgan fingerprint density at radius 3 is 2.29 bits per heavy atom. The van der Waals surface area contributed by atoms with Crippen LogP contribution in [0.4, 0.5) is 4.79 Å². The van der Waals surface area contributed by atoms with Crippen LogP contribution in [0.3, 0.4) is 0 Å². The zero-order valence-electron chi connectivity index (χ0n) is 13.5. The lowest BCUT2D eigenvalue weighted by atomic mass is 9.96. The number of aliphatic hydroxyl groups is 1. The van der Waals surface area contributed by atoms with Crippen molar-refractivity contribution in [2.75, 3.05) is 6.54 Å². The van der Waals surface area contributed by atoms with Gasteiger partial charge < -0.3 is 15.7 Å². The number of hydrogen-bond donors (Lipinski definition) is 3. The zero-order valence-corrected chi connectivity index (χ0v) is 13.5. The minimum atomic E-state index is -0.336. The molecule has 2 amide bonds. The number of rotatable bonds is 7. The third-order valence-corrected chi connectivity index (χ3v) is 3.47. The quantitative estimate of drug-likeness (QED) is 0.723.